The molecule has 0 heterocycles. The highest BCUT2D eigenvalue weighted by Gasteiger charge is 2.07. The molecule has 0 saturated carbocycles. The molecule has 0 aliphatic rings. The molecule has 1 atom stereocenters. The zero-order valence-electron chi connectivity index (χ0n) is 12.4. The molecule has 0 aliphatic heterocycles. The third kappa shape index (κ3) is 4.91. The Morgan fingerprint density at radius 2 is 1.89 bits per heavy atom. The monoisotopic (exact) mass is 263 g/mol. The van der Waals surface area contributed by atoms with E-state index in [0.717, 1.165) is 18.7 Å². The van der Waals surface area contributed by atoms with E-state index in [4.69, 9.17) is 0 Å². The lowest BCUT2D eigenvalue weighted by Crippen LogP contribution is -2.30. The smallest absolute Gasteiger partial charge is 0.321 e. The Kier molecular flexibility index (Phi) is 6.36. The van der Waals surface area contributed by atoms with Crippen LogP contribution in [0.4, 0.5) is 10.5 Å². The largest absolute Gasteiger partial charge is 0.328 e. The molecule has 2 N–H and O–H groups in total. The molecule has 1 aromatic rings. The molecule has 0 aliphatic carbocycles. The molecule has 1 unspecified atom stereocenters. The first-order chi connectivity index (χ1) is 9.08. The van der Waals surface area contributed by atoms with Crippen molar-refractivity contribution in [2.45, 2.75) is 33.2 Å². The van der Waals surface area contributed by atoms with Crippen LogP contribution in [0, 0.1) is 0 Å². The Bertz CT molecular complexity index is 389. The molecular formula is C15H25N3O. The number of nitrogens with zero attached hydrogens (tertiary/aromatic N) is 1. The quantitative estimate of drug-likeness (QED) is 0.827. The van der Waals surface area contributed by atoms with Gasteiger partial charge < -0.3 is 15.5 Å². The Balaban J connectivity index is 2.58. The van der Waals surface area contributed by atoms with Crippen LogP contribution in [0.2, 0.25) is 0 Å². The summed E-state index contributed by atoms with van der Waals surface area (Å²) in [5, 5.41) is 6.31. The number of amides is 2. The minimum absolute atomic E-state index is 0.0765. The van der Waals surface area contributed by atoms with Crippen molar-refractivity contribution >= 4 is 11.7 Å². The minimum atomic E-state index is -0.0765. The standard InChI is InChI=1S/C15H25N3O/c1-5-11-16-12(3)13-7-9-14(10-8-13)17-15(19)18(4)6-2/h7-10,12,16H,5-6,11H2,1-4H3,(H,17,19). The number of rotatable bonds is 6. The zero-order valence-corrected chi connectivity index (χ0v) is 12.4. The summed E-state index contributed by atoms with van der Waals surface area (Å²) in [5.74, 6) is 0. The average Bonchev–Trinajstić information content (AvgIpc) is 2.44. The highest BCUT2D eigenvalue weighted by atomic mass is 16.2. The molecule has 0 bridgehead atoms. The number of nitrogens with one attached hydrogen (secondary N) is 2. The first kappa shape index (κ1) is 15.5. The summed E-state index contributed by atoms with van der Waals surface area (Å²) in [6.07, 6.45) is 1.13. The second-order valence-electron chi connectivity index (χ2n) is 4.74. The van der Waals surface area contributed by atoms with Crippen LogP contribution in [0.3, 0.4) is 0 Å². The number of hydrogen-bond donors (Lipinski definition) is 2. The van der Waals surface area contributed by atoms with Crippen molar-refractivity contribution in [1.29, 1.82) is 0 Å². The first-order valence-corrected chi connectivity index (χ1v) is 6.94. The molecule has 4 heteroatoms. The van der Waals surface area contributed by atoms with E-state index in [9.17, 15) is 4.79 Å². The number of benzene rings is 1. The van der Waals surface area contributed by atoms with E-state index in [1.807, 2.05) is 19.1 Å². The predicted molar refractivity (Wildman–Crippen MR) is 80.5 cm³/mol. The number of urea groups is 1. The van der Waals surface area contributed by atoms with Crippen molar-refractivity contribution in [3.8, 4) is 0 Å². The minimum Gasteiger partial charge on any atom is -0.328 e. The lowest BCUT2D eigenvalue weighted by atomic mass is 10.1. The van der Waals surface area contributed by atoms with Gasteiger partial charge in [0.05, 0.1) is 0 Å². The normalized spacial score (nSPS) is 12.0. The van der Waals surface area contributed by atoms with E-state index in [1.165, 1.54) is 5.56 Å². The van der Waals surface area contributed by atoms with E-state index < -0.39 is 0 Å². The molecule has 0 radical (unpaired) electrons. The van der Waals surface area contributed by atoms with E-state index in [0.29, 0.717) is 12.6 Å². The molecule has 2 amide bonds. The highest BCUT2D eigenvalue weighted by Crippen LogP contribution is 2.16. The molecule has 4 nitrogen and oxygen atoms in total. The lowest BCUT2D eigenvalue weighted by molar-refractivity contribution is 0.224. The van der Waals surface area contributed by atoms with Crippen LogP contribution in [-0.2, 0) is 0 Å². The second-order valence-corrected chi connectivity index (χ2v) is 4.74. The van der Waals surface area contributed by atoms with Gasteiger partial charge in [-0.3, -0.25) is 0 Å². The van der Waals surface area contributed by atoms with Crippen LogP contribution >= 0.6 is 0 Å². The fourth-order valence-corrected chi connectivity index (χ4v) is 1.70. The molecule has 0 saturated heterocycles. The van der Waals surface area contributed by atoms with Crippen molar-refractivity contribution in [3.63, 3.8) is 0 Å². The van der Waals surface area contributed by atoms with Crippen LogP contribution in [-0.4, -0.2) is 31.1 Å². The molecule has 0 fully saturated rings. The second kappa shape index (κ2) is 7.79. The van der Waals surface area contributed by atoms with Crippen molar-refractivity contribution in [3.05, 3.63) is 29.8 Å². The number of carbonyl (C=O) groups excluding carboxylic acids is 1. The fourth-order valence-electron chi connectivity index (χ4n) is 1.70. The number of anilines is 1. The van der Waals surface area contributed by atoms with Gasteiger partial charge in [0.15, 0.2) is 0 Å². The lowest BCUT2D eigenvalue weighted by Gasteiger charge is -2.17. The zero-order chi connectivity index (χ0) is 14.3. The van der Waals surface area contributed by atoms with Gasteiger partial charge in [0, 0.05) is 25.3 Å². The summed E-state index contributed by atoms with van der Waals surface area (Å²) in [7, 11) is 1.78. The molecule has 1 aromatic carbocycles. The van der Waals surface area contributed by atoms with E-state index in [1.54, 1.807) is 11.9 Å². The van der Waals surface area contributed by atoms with Crippen molar-refractivity contribution in [2.75, 3.05) is 25.5 Å². The summed E-state index contributed by atoms with van der Waals surface area (Å²) in [4.78, 5) is 13.3. The van der Waals surface area contributed by atoms with Gasteiger partial charge in [-0.05, 0) is 44.5 Å². The van der Waals surface area contributed by atoms with Gasteiger partial charge in [0.2, 0.25) is 0 Å². The Morgan fingerprint density at radius 1 is 1.26 bits per heavy atom. The molecule has 1 rings (SSSR count). The summed E-state index contributed by atoms with van der Waals surface area (Å²) in [5.41, 5.74) is 2.06. The summed E-state index contributed by atoms with van der Waals surface area (Å²) in [6.45, 7) is 7.96. The van der Waals surface area contributed by atoms with E-state index in [2.05, 4.69) is 36.6 Å². The summed E-state index contributed by atoms with van der Waals surface area (Å²) in [6, 6.07) is 8.25. The first-order valence-electron chi connectivity index (χ1n) is 6.94. The third-order valence-electron chi connectivity index (χ3n) is 3.18. The average molecular weight is 263 g/mol. The number of carbonyl (C=O) groups is 1. The maximum atomic E-state index is 11.7. The highest BCUT2D eigenvalue weighted by molar-refractivity contribution is 5.89. The van der Waals surface area contributed by atoms with Gasteiger partial charge in [-0.1, -0.05) is 19.1 Å². The van der Waals surface area contributed by atoms with Crippen molar-refractivity contribution < 1.29 is 4.79 Å². The fraction of sp³-hybridized carbons (Fsp3) is 0.533. The molecule has 106 valence electrons. The van der Waals surface area contributed by atoms with Crippen molar-refractivity contribution in [2.24, 2.45) is 0 Å². The maximum Gasteiger partial charge on any atom is 0.321 e. The SMILES string of the molecule is CCCNC(C)c1ccc(NC(=O)N(C)CC)cc1. The van der Waals surface area contributed by atoms with Gasteiger partial charge in [0.25, 0.3) is 0 Å². The van der Waals surface area contributed by atoms with Gasteiger partial charge in [0.1, 0.15) is 0 Å². The molecule has 19 heavy (non-hydrogen) atoms. The Labute approximate surface area is 116 Å². The molecule has 0 spiro atoms. The van der Waals surface area contributed by atoms with Crippen LogP contribution in [0.25, 0.3) is 0 Å². The Morgan fingerprint density at radius 3 is 2.42 bits per heavy atom. The molecular weight excluding hydrogens is 238 g/mol. The third-order valence-corrected chi connectivity index (χ3v) is 3.18. The van der Waals surface area contributed by atoms with Crippen LogP contribution in [0.15, 0.2) is 24.3 Å². The van der Waals surface area contributed by atoms with Gasteiger partial charge in [-0.25, -0.2) is 4.79 Å². The molecule has 0 aromatic heterocycles. The maximum absolute atomic E-state index is 11.7. The van der Waals surface area contributed by atoms with Gasteiger partial charge in [-0.15, -0.1) is 0 Å². The topological polar surface area (TPSA) is 44.4 Å². The van der Waals surface area contributed by atoms with Crippen LogP contribution in [0.1, 0.15) is 38.8 Å². The van der Waals surface area contributed by atoms with Gasteiger partial charge >= 0.3 is 6.03 Å². The predicted octanol–water partition coefficient (Wildman–Crippen LogP) is 3.23. The summed E-state index contributed by atoms with van der Waals surface area (Å²) >= 11 is 0. The Hall–Kier alpha value is -1.55. The summed E-state index contributed by atoms with van der Waals surface area (Å²) < 4.78 is 0. The van der Waals surface area contributed by atoms with Crippen LogP contribution in [0.5, 0.6) is 0 Å². The van der Waals surface area contributed by atoms with E-state index in [-0.39, 0.29) is 6.03 Å². The van der Waals surface area contributed by atoms with Crippen LogP contribution < -0.4 is 10.6 Å². The van der Waals surface area contributed by atoms with Crippen molar-refractivity contribution in [1.82, 2.24) is 10.2 Å². The number of hydrogen-bond acceptors (Lipinski definition) is 2. The van der Waals surface area contributed by atoms with E-state index >= 15 is 0 Å². The van der Waals surface area contributed by atoms with Gasteiger partial charge in [-0.2, -0.15) is 0 Å².